The lowest BCUT2D eigenvalue weighted by molar-refractivity contribution is -0.122. The number of ether oxygens (including phenoxy) is 1. The fourth-order valence-electron chi connectivity index (χ4n) is 2.08. The standard InChI is InChI=1S/C13H20N2O2S2/c1-2-3-4-5-15-12(16)11(19-13(15)18)10-14-6-8-17-9-7-14/h10H,2-9H2,1H3. The van der Waals surface area contributed by atoms with Crippen LogP contribution >= 0.6 is 24.0 Å². The summed E-state index contributed by atoms with van der Waals surface area (Å²) in [5.41, 5.74) is 0. The summed E-state index contributed by atoms with van der Waals surface area (Å²) in [5, 5.41) is 0. The van der Waals surface area contributed by atoms with Crippen LogP contribution in [0.2, 0.25) is 0 Å². The molecule has 0 unspecified atom stereocenters. The fraction of sp³-hybridized carbons (Fsp3) is 0.692. The Hall–Kier alpha value is -0.590. The highest BCUT2D eigenvalue weighted by Crippen LogP contribution is 2.31. The Bertz CT molecular complexity index is 379. The maximum absolute atomic E-state index is 12.3. The van der Waals surface area contributed by atoms with Gasteiger partial charge in [0.1, 0.15) is 4.32 Å². The van der Waals surface area contributed by atoms with E-state index in [1.807, 2.05) is 6.20 Å². The van der Waals surface area contributed by atoms with E-state index in [1.165, 1.54) is 11.8 Å². The van der Waals surface area contributed by atoms with Crippen LogP contribution in [0.5, 0.6) is 0 Å². The van der Waals surface area contributed by atoms with Gasteiger partial charge in [-0.25, -0.2) is 0 Å². The zero-order chi connectivity index (χ0) is 13.7. The summed E-state index contributed by atoms with van der Waals surface area (Å²) in [5.74, 6) is 0.0672. The van der Waals surface area contributed by atoms with Crippen molar-refractivity contribution in [3.8, 4) is 0 Å². The minimum absolute atomic E-state index is 0.0672. The topological polar surface area (TPSA) is 32.8 Å². The van der Waals surface area contributed by atoms with Gasteiger partial charge in [0.05, 0.1) is 18.1 Å². The molecule has 0 aromatic heterocycles. The molecule has 0 atom stereocenters. The lowest BCUT2D eigenvalue weighted by atomic mass is 10.2. The molecule has 19 heavy (non-hydrogen) atoms. The van der Waals surface area contributed by atoms with E-state index in [1.54, 1.807) is 4.90 Å². The number of amides is 1. The van der Waals surface area contributed by atoms with Crippen LogP contribution in [-0.4, -0.2) is 52.9 Å². The third kappa shape index (κ3) is 3.94. The lowest BCUT2D eigenvalue weighted by Gasteiger charge is -2.25. The maximum atomic E-state index is 12.3. The van der Waals surface area contributed by atoms with Gasteiger partial charge in [0.25, 0.3) is 5.91 Å². The molecular weight excluding hydrogens is 280 g/mol. The second kappa shape index (κ2) is 7.26. The largest absolute Gasteiger partial charge is 0.378 e. The number of hydrogen-bond acceptors (Lipinski definition) is 5. The van der Waals surface area contributed by atoms with Crippen LogP contribution < -0.4 is 0 Å². The molecule has 4 nitrogen and oxygen atoms in total. The van der Waals surface area contributed by atoms with E-state index < -0.39 is 0 Å². The van der Waals surface area contributed by atoms with Gasteiger partial charge >= 0.3 is 0 Å². The van der Waals surface area contributed by atoms with Crippen LogP contribution in [0.3, 0.4) is 0 Å². The summed E-state index contributed by atoms with van der Waals surface area (Å²) in [7, 11) is 0. The average Bonchev–Trinajstić information content (AvgIpc) is 2.68. The Morgan fingerprint density at radius 2 is 2.11 bits per heavy atom. The number of rotatable bonds is 5. The van der Waals surface area contributed by atoms with E-state index >= 15 is 0 Å². The van der Waals surface area contributed by atoms with E-state index in [2.05, 4.69) is 11.8 Å². The van der Waals surface area contributed by atoms with Gasteiger partial charge in [-0.15, -0.1) is 0 Å². The number of hydrogen-bond donors (Lipinski definition) is 0. The van der Waals surface area contributed by atoms with Crippen molar-refractivity contribution in [1.29, 1.82) is 0 Å². The predicted octanol–water partition coefficient (Wildman–Crippen LogP) is 2.21. The number of morpholine rings is 1. The van der Waals surface area contributed by atoms with Crippen LogP contribution in [0.1, 0.15) is 26.2 Å². The van der Waals surface area contributed by atoms with Crippen molar-refractivity contribution in [3.05, 3.63) is 11.1 Å². The minimum Gasteiger partial charge on any atom is -0.378 e. The Morgan fingerprint density at radius 1 is 1.37 bits per heavy atom. The van der Waals surface area contributed by atoms with Crippen LogP contribution in [0.15, 0.2) is 11.1 Å². The van der Waals surface area contributed by atoms with Crippen molar-refractivity contribution >= 4 is 34.2 Å². The molecule has 0 N–H and O–H groups in total. The van der Waals surface area contributed by atoms with Crippen molar-refractivity contribution in [2.45, 2.75) is 26.2 Å². The molecule has 0 saturated carbocycles. The number of thiocarbonyl (C=S) groups is 1. The van der Waals surface area contributed by atoms with Gasteiger partial charge in [-0.05, 0) is 6.42 Å². The van der Waals surface area contributed by atoms with Crippen LogP contribution in [0, 0.1) is 0 Å². The fourth-order valence-corrected chi connectivity index (χ4v) is 3.39. The molecule has 106 valence electrons. The van der Waals surface area contributed by atoms with Crippen LogP contribution in [0.25, 0.3) is 0 Å². The molecule has 0 radical (unpaired) electrons. The molecule has 2 heterocycles. The molecule has 6 heteroatoms. The van der Waals surface area contributed by atoms with Crippen molar-refractivity contribution < 1.29 is 9.53 Å². The number of thioether (sulfide) groups is 1. The van der Waals surface area contributed by atoms with Crippen molar-refractivity contribution in [3.63, 3.8) is 0 Å². The smallest absolute Gasteiger partial charge is 0.267 e. The second-order valence-corrected chi connectivity index (χ2v) is 6.35. The summed E-state index contributed by atoms with van der Waals surface area (Å²) in [6.07, 6.45) is 5.26. The molecule has 2 rings (SSSR count). The number of nitrogens with zero attached hydrogens (tertiary/aromatic N) is 2. The number of unbranched alkanes of at least 4 members (excludes halogenated alkanes) is 2. The predicted molar refractivity (Wildman–Crippen MR) is 81.9 cm³/mol. The maximum Gasteiger partial charge on any atom is 0.267 e. The summed E-state index contributed by atoms with van der Waals surface area (Å²) >= 11 is 6.72. The molecule has 1 amide bonds. The molecule has 0 aliphatic carbocycles. The molecule has 0 aromatic carbocycles. The first kappa shape index (κ1) is 14.8. The highest BCUT2D eigenvalue weighted by atomic mass is 32.2. The zero-order valence-corrected chi connectivity index (χ0v) is 12.9. The average molecular weight is 300 g/mol. The summed E-state index contributed by atoms with van der Waals surface area (Å²) < 4.78 is 5.99. The van der Waals surface area contributed by atoms with Crippen molar-refractivity contribution in [2.24, 2.45) is 0 Å². The van der Waals surface area contributed by atoms with Crippen LogP contribution in [-0.2, 0) is 9.53 Å². The van der Waals surface area contributed by atoms with Crippen molar-refractivity contribution in [1.82, 2.24) is 9.80 Å². The van der Waals surface area contributed by atoms with Crippen molar-refractivity contribution in [2.75, 3.05) is 32.8 Å². The molecule has 0 bridgehead atoms. The van der Waals surface area contributed by atoms with E-state index in [4.69, 9.17) is 17.0 Å². The Kier molecular flexibility index (Phi) is 5.66. The second-order valence-electron chi connectivity index (χ2n) is 4.67. The van der Waals surface area contributed by atoms with Gasteiger partial charge in [-0.1, -0.05) is 43.7 Å². The quantitative estimate of drug-likeness (QED) is 0.442. The minimum atomic E-state index is 0.0672. The first-order valence-corrected chi connectivity index (χ1v) is 8.02. The van der Waals surface area contributed by atoms with E-state index in [-0.39, 0.29) is 5.91 Å². The van der Waals surface area contributed by atoms with E-state index in [9.17, 15) is 4.79 Å². The highest BCUT2D eigenvalue weighted by Gasteiger charge is 2.32. The van der Waals surface area contributed by atoms with Gasteiger partial charge < -0.3 is 9.64 Å². The normalized spacial score (nSPS) is 22.7. The summed E-state index contributed by atoms with van der Waals surface area (Å²) in [4.78, 5) is 16.9. The molecule has 0 aromatic rings. The van der Waals surface area contributed by atoms with Gasteiger partial charge in [0.15, 0.2) is 0 Å². The van der Waals surface area contributed by atoms with Gasteiger partial charge in [0.2, 0.25) is 0 Å². The monoisotopic (exact) mass is 300 g/mol. The Morgan fingerprint density at radius 3 is 2.79 bits per heavy atom. The van der Waals surface area contributed by atoms with E-state index in [0.717, 1.165) is 57.0 Å². The first-order chi connectivity index (χ1) is 9.22. The van der Waals surface area contributed by atoms with Gasteiger partial charge in [-0.2, -0.15) is 0 Å². The highest BCUT2D eigenvalue weighted by molar-refractivity contribution is 8.26. The summed E-state index contributed by atoms with van der Waals surface area (Å²) in [6.45, 7) is 6.06. The molecule has 2 aliphatic heterocycles. The molecule has 2 fully saturated rings. The molecule has 2 aliphatic rings. The summed E-state index contributed by atoms with van der Waals surface area (Å²) in [6, 6.07) is 0. The number of carbonyl (C=O) groups excluding carboxylic acids is 1. The molecule has 0 spiro atoms. The van der Waals surface area contributed by atoms with Crippen LogP contribution in [0.4, 0.5) is 0 Å². The lowest BCUT2D eigenvalue weighted by Crippen LogP contribution is -2.33. The van der Waals surface area contributed by atoms with Gasteiger partial charge in [-0.3, -0.25) is 9.69 Å². The van der Waals surface area contributed by atoms with E-state index in [0.29, 0.717) is 4.32 Å². The Balaban J connectivity index is 1.94. The molecular formula is C13H20N2O2S2. The Labute approximate surface area is 124 Å². The van der Waals surface area contributed by atoms with Gasteiger partial charge in [0, 0.05) is 25.8 Å². The SMILES string of the molecule is CCCCCN1C(=O)C(=CN2CCOCC2)SC1=S. The third-order valence-electron chi connectivity index (χ3n) is 3.20. The molecule has 2 saturated heterocycles. The first-order valence-electron chi connectivity index (χ1n) is 6.79. The zero-order valence-electron chi connectivity index (χ0n) is 11.3. The third-order valence-corrected chi connectivity index (χ3v) is 4.57. The number of carbonyl (C=O) groups is 1.